The van der Waals surface area contributed by atoms with Crippen molar-refractivity contribution in [1.29, 1.82) is 0 Å². The standard InChI is InChI=1S/C22H24F3N3O2S/c1-3-15(2)26-21(29)19-14-30-20(27-19)13-28(12-18-8-5-9-31-18)11-16-6-4-7-17(10-16)22(23,24)25/h4-10,14-15H,3,11-13H2,1-2H3,(H,26,29)/t15-/m1/s1. The highest BCUT2D eigenvalue weighted by Crippen LogP contribution is 2.30. The highest BCUT2D eigenvalue weighted by atomic mass is 32.1. The molecular formula is C22H24F3N3O2S. The minimum Gasteiger partial charge on any atom is -0.447 e. The highest BCUT2D eigenvalue weighted by molar-refractivity contribution is 7.09. The molecule has 0 saturated heterocycles. The van der Waals surface area contributed by atoms with Crippen LogP contribution in [0.1, 0.15) is 52.7 Å². The van der Waals surface area contributed by atoms with Crippen LogP contribution in [0.25, 0.3) is 0 Å². The molecule has 166 valence electrons. The lowest BCUT2D eigenvalue weighted by atomic mass is 10.1. The summed E-state index contributed by atoms with van der Waals surface area (Å²) < 4.78 is 44.7. The van der Waals surface area contributed by atoms with E-state index < -0.39 is 11.7 Å². The average Bonchev–Trinajstić information content (AvgIpc) is 3.39. The van der Waals surface area contributed by atoms with E-state index in [9.17, 15) is 18.0 Å². The van der Waals surface area contributed by atoms with Crippen molar-refractivity contribution in [2.75, 3.05) is 0 Å². The molecule has 0 spiro atoms. The third-order valence-corrected chi connectivity index (χ3v) is 5.61. The maximum atomic E-state index is 13.1. The summed E-state index contributed by atoms with van der Waals surface area (Å²) in [4.78, 5) is 19.5. The van der Waals surface area contributed by atoms with Crippen molar-refractivity contribution in [2.45, 2.75) is 52.1 Å². The Hall–Kier alpha value is -2.65. The van der Waals surface area contributed by atoms with E-state index >= 15 is 0 Å². The maximum absolute atomic E-state index is 13.1. The van der Waals surface area contributed by atoms with Crippen LogP contribution in [0.5, 0.6) is 0 Å². The number of alkyl halides is 3. The first-order valence-corrected chi connectivity index (χ1v) is 10.8. The number of amides is 1. The monoisotopic (exact) mass is 451 g/mol. The van der Waals surface area contributed by atoms with Gasteiger partial charge in [-0.15, -0.1) is 11.3 Å². The number of thiophene rings is 1. The quantitative estimate of drug-likeness (QED) is 0.468. The predicted molar refractivity (Wildman–Crippen MR) is 112 cm³/mol. The van der Waals surface area contributed by atoms with E-state index in [1.807, 2.05) is 36.3 Å². The Balaban J connectivity index is 1.75. The molecule has 1 N–H and O–H groups in total. The van der Waals surface area contributed by atoms with Gasteiger partial charge in [0, 0.05) is 24.0 Å². The number of hydrogen-bond donors (Lipinski definition) is 1. The lowest BCUT2D eigenvalue weighted by molar-refractivity contribution is -0.137. The summed E-state index contributed by atoms with van der Waals surface area (Å²) in [6.07, 6.45) is -2.29. The van der Waals surface area contributed by atoms with Gasteiger partial charge in [-0.3, -0.25) is 9.69 Å². The molecule has 0 aliphatic rings. The van der Waals surface area contributed by atoms with Gasteiger partial charge in [-0.2, -0.15) is 13.2 Å². The number of carbonyl (C=O) groups is 1. The number of benzene rings is 1. The number of hydrogen-bond acceptors (Lipinski definition) is 5. The lowest BCUT2D eigenvalue weighted by Crippen LogP contribution is -2.32. The van der Waals surface area contributed by atoms with E-state index in [4.69, 9.17) is 4.42 Å². The molecule has 5 nitrogen and oxygen atoms in total. The summed E-state index contributed by atoms with van der Waals surface area (Å²) in [6.45, 7) is 4.92. The zero-order chi connectivity index (χ0) is 22.4. The number of aromatic nitrogens is 1. The van der Waals surface area contributed by atoms with E-state index in [1.165, 1.54) is 12.3 Å². The Kier molecular flexibility index (Phi) is 7.50. The number of nitrogens with zero attached hydrogens (tertiary/aromatic N) is 2. The summed E-state index contributed by atoms with van der Waals surface area (Å²) >= 11 is 1.56. The summed E-state index contributed by atoms with van der Waals surface area (Å²) in [6, 6.07) is 9.19. The normalized spacial score (nSPS) is 12.8. The molecule has 1 amide bonds. The van der Waals surface area contributed by atoms with Gasteiger partial charge in [0.2, 0.25) is 5.89 Å². The van der Waals surface area contributed by atoms with Crippen LogP contribution in [0.2, 0.25) is 0 Å². The highest BCUT2D eigenvalue weighted by Gasteiger charge is 2.30. The van der Waals surface area contributed by atoms with E-state index in [-0.39, 0.29) is 30.7 Å². The molecule has 3 rings (SSSR count). The molecule has 9 heteroatoms. The van der Waals surface area contributed by atoms with E-state index in [0.29, 0.717) is 18.0 Å². The Morgan fingerprint density at radius 3 is 2.71 bits per heavy atom. The predicted octanol–water partition coefficient (Wildman–Crippen LogP) is 5.49. The number of oxazole rings is 1. The van der Waals surface area contributed by atoms with Crippen molar-refractivity contribution in [3.05, 3.63) is 75.6 Å². The third-order valence-electron chi connectivity index (χ3n) is 4.75. The molecule has 0 unspecified atom stereocenters. The molecule has 31 heavy (non-hydrogen) atoms. The number of rotatable bonds is 9. The van der Waals surface area contributed by atoms with Gasteiger partial charge in [0.05, 0.1) is 12.1 Å². The molecule has 1 aromatic carbocycles. The second kappa shape index (κ2) is 10.1. The van der Waals surface area contributed by atoms with Crippen molar-refractivity contribution < 1.29 is 22.4 Å². The first-order valence-electron chi connectivity index (χ1n) is 9.90. The van der Waals surface area contributed by atoms with Crippen LogP contribution in [0, 0.1) is 0 Å². The smallest absolute Gasteiger partial charge is 0.416 e. The van der Waals surface area contributed by atoms with Gasteiger partial charge in [0.15, 0.2) is 5.69 Å². The fourth-order valence-corrected chi connectivity index (χ4v) is 3.72. The maximum Gasteiger partial charge on any atom is 0.416 e. The van der Waals surface area contributed by atoms with Gasteiger partial charge < -0.3 is 9.73 Å². The molecule has 0 radical (unpaired) electrons. The van der Waals surface area contributed by atoms with Crippen molar-refractivity contribution in [2.24, 2.45) is 0 Å². The Labute approximate surface area is 182 Å². The number of halogens is 3. The van der Waals surface area contributed by atoms with Crippen LogP contribution in [0.4, 0.5) is 13.2 Å². The number of nitrogens with one attached hydrogen (secondary N) is 1. The van der Waals surface area contributed by atoms with Gasteiger partial charge in [-0.1, -0.05) is 31.2 Å². The summed E-state index contributed by atoms with van der Waals surface area (Å²) in [5, 5.41) is 4.77. The van der Waals surface area contributed by atoms with Crippen LogP contribution in [-0.2, 0) is 25.8 Å². The largest absolute Gasteiger partial charge is 0.447 e. The summed E-state index contributed by atoms with van der Waals surface area (Å²) in [7, 11) is 0. The summed E-state index contributed by atoms with van der Waals surface area (Å²) in [5.74, 6) is 0.0184. The lowest BCUT2D eigenvalue weighted by Gasteiger charge is -2.21. The van der Waals surface area contributed by atoms with Gasteiger partial charge >= 0.3 is 6.18 Å². The molecule has 2 heterocycles. The van der Waals surface area contributed by atoms with Gasteiger partial charge in [-0.25, -0.2) is 4.98 Å². The number of carbonyl (C=O) groups excluding carboxylic acids is 1. The molecule has 1 atom stereocenters. The molecule has 0 saturated carbocycles. The van der Waals surface area contributed by atoms with Crippen LogP contribution >= 0.6 is 11.3 Å². The van der Waals surface area contributed by atoms with Gasteiger partial charge in [0.1, 0.15) is 6.26 Å². The molecule has 3 aromatic rings. The van der Waals surface area contributed by atoms with E-state index in [2.05, 4.69) is 10.3 Å². The molecule has 2 aromatic heterocycles. The second-order valence-electron chi connectivity index (χ2n) is 7.33. The molecular weight excluding hydrogens is 427 g/mol. The Bertz CT molecular complexity index is 986. The van der Waals surface area contributed by atoms with Crippen LogP contribution in [0.15, 0.2) is 52.5 Å². The molecule has 0 aliphatic heterocycles. The van der Waals surface area contributed by atoms with Crippen molar-refractivity contribution in [3.8, 4) is 0 Å². The SMILES string of the molecule is CC[C@@H](C)NC(=O)c1coc(CN(Cc2cccc(C(F)(F)F)c2)Cc2cccs2)n1. The Morgan fingerprint density at radius 1 is 1.23 bits per heavy atom. The minimum absolute atomic E-state index is 0.0175. The minimum atomic E-state index is -4.39. The van der Waals surface area contributed by atoms with Crippen LogP contribution in [-0.4, -0.2) is 21.8 Å². The zero-order valence-corrected chi connectivity index (χ0v) is 18.1. The van der Waals surface area contributed by atoms with E-state index in [0.717, 1.165) is 23.4 Å². The Morgan fingerprint density at radius 2 is 2.03 bits per heavy atom. The first-order chi connectivity index (χ1) is 14.7. The molecule has 0 aliphatic carbocycles. The van der Waals surface area contributed by atoms with Crippen LogP contribution in [0.3, 0.4) is 0 Å². The van der Waals surface area contributed by atoms with Crippen LogP contribution < -0.4 is 5.32 Å². The molecule has 0 fully saturated rings. The van der Waals surface area contributed by atoms with E-state index in [1.54, 1.807) is 17.4 Å². The van der Waals surface area contributed by atoms with Gasteiger partial charge in [0.25, 0.3) is 5.91 Å². The fourth-order valence-electron chi connectivity index (χ4n) is 2.97. The van der Waals surface area contributed by atoms with Crippen molar-refractivity contribution >= 4 is 17.2 Å². The van der Waals surface area contributed by atoms with Crippen molar-refractivity contribution in [1.82, 2.24) is 15.2 Å². The molecule has 0 bridgehead atoms. The second-order valence-corrected chi connectivity index (χ2v) is 8.36. The fraction of sp³-hybridized carbons (Fsp3) is 0.364. The third kappa shape index (κ3) is 6.67. The van der Waals surface area contributed by atoms with Gasteiger partial charge in [-0.05, 0) is 36.4 Å². The van der Waals surface area contributed by atoms with Crippen molar-refractivity contribution in [3.63, 3.8) is 0 Å². The summed E-state index contributed by atoms with van der Waals surface area (Å²) in [5.41, 5.74) is 0.0410. The first kappa shape index (κ1) is 23.0. The zero-order valence-electron chi connectivity index (χ0n) is 17.3. The average molecular weight is 452 g/mol. The topological polar surface area (TPSA) is 58.4 Å².